The van der Waals surface area contributed by atoms with Gasteiger partial charge in [0, 0.05) is 47.4 Å². The van der Waals surface area contributed by atoms with Crippen molar-refractivity contribution in [2.45, 2.75) is 31.6 Å². The third kappa shape index (κ3) is 6.61. The van der Waals surface area contributed by atoms with Crippen molar-refractivity contribution in [2.24, 2.45) is 0 Å². The number of sulfonamides is 1. The Morgan fingerprint density at radius 2 is 1.89 bits per heavy atom. The molecule has 0 radical (unpaired) electrons. The van der Waals surface area contributed by atoms with Crippen LogP contribution in [0.1, 0.15) is 24.0 Å². The van der Waals surface area contributed by atoms with Crippen molar-refractivity contribution in [3.05, 3.63) is 102 Å². The van der Waals surface area contributed by atoms with E-state index in [1.807, 2.05) is 25.1 Å². The number of nitrogens with one attached hydrogen (secondary N) is 3. The monoisotopic (exact) mass is 616 g/mol. The van der Waals surface area contributed by atoms with E-state index in [4.69, 9.17) is 9.72 Å². The highest BCUT2D eigenvalue weighted by Crippen LogP contribution is 2.39. The summed E-state index contributed by atoms with van der Waals surface area (Å²) >= 11 is 0. The van der Waals surface area contributed by atoms with Crippen LogP contribution in [-0.2, 0) is 15.8 Å². The molecule has 3 aromatic carbocycles. The first-order valence-corrected chi connectivity index (χ1v) is 15.8. The summed E-state index contributed by atoms with van der Waals surface area (Å²) in [5.41, 5.74) is 2.25. The number of rotatable bonds is 9. The number of ether oxygens (including phenoxy) is 1. The van der Waals surface area contributed by atoms with Crippen molar-refractivity contribution in [2.75, 3.05) is 23.1 Å². The Hall–Kier alpha value is -4.68. The molecular weight excluding hydrogens is 586 g/mol. The maximum absolute atomic E-state index is 14.2. The number of aromatic nitrogens is 3. The van der Waals surface area contributed by atoms with E-state index < -0.39 is 27.4 Å². The molecule has 6 rings (SSSR count). The number of halogens is 2. The SMILES string of the molecule is Cc1ccc2c(NS(=O)(=O)Cc3ccc(F)cc3F)cccc2c1Oc1ncccc1-c1ccnc(NC2CCCNC2)n1. The zero-order valence-corrected chi connectivity index (χ0v) is 24.7. The number of hydrogen-bond donors (Lipinski definition) is 3. The Morgan fingerprint density at radius 3 is 2.70 bits per heavy atom. The second kappa shape index (κ2) is 12.5. The standard InChI is InChI=1S/C32H30F2N6O3S/c1-20-9-12-24-25(6-2-8-29(24)40-44(41,42)19-21-10-11-22(33)17-27(21)34)30(20)43-31-26(7-4-15-36-31)28-13-16-37-32(39-28)38-23-5-3-14-35-18-23/h2,4,6-13,15-17,23,35,40H,3,5,14,18-19H2,1H3,(H,37,38,39). The molecule has 9 nitrogen and oxygen atoms in total. The molecule has 2 aromatic heterocycles. The van der Waals surface area contributed by atoms with Crippen LogP contribution in [-0.4, -0.2) is 42.5 Å². The van der Waals surface area contributed by atoms with E-state index in [9.17, 15) is 17.2 Å². The van der Waals surface area contributed by atoms with Gasteiger partial charge in [0.25, 0.3) is 0 Å². The van der Waals surface area contributed by atoms with Crippen LogP contribution in [0.3, 0.4) is 0 Å². The molecule has 12 heteroatoms. The van der Waals surface area contributed by atoms with Crippen LogP contribution in [0.2, 0.25) is 0 Å². The number of fused-ring (bicyclic) bond motifs is 1. The van der Waals surface area contributed by atoms with Crippen LogP contribution >= 0.6 is 0 Å². The summed E-state index contributed by atoms with van der Waals surface area (Å²) in [4.78, 5) is 13.6. The average Bonchev–Trinajstić information content (AvgIpc) is 3.01. The van der Waals surface area contributed by atoms with E-state index in [1.165, 1.54) is 0 Å². The quantitative estimate of drug-likeness (QED) is 0.180. The fourth-order valence-corrected chi connectivity index (χ4v) is 6.44. The van der Waals surface area contributed by atoms with Gasteiger partial charge in [-0.25, -0.2) is 32.2 Å². The van der Waals surface area contributed by atoms with E-state index >= 15 is 0 Å². The number of hydrogen-bond acceptors (Lipinski definition) is 8. The second-order valence-electron chi connectivity index (χ2n) is 10.6. The summed E-state index contributed by atoms with van der Waals surface area (Å²) in [5.74, 6) is -1.03. The smallest absolute Gasteiger partial charge is 0.237 e. The van der Waals surface area contributed by atoms with Crippen LogP contribution in [0.4, 0.5) is 20.4 Å². The van der Waals surface area contributed by atoms with Crippen LogP contribution in [0.25, 0.3) is 22.0 Å². The molecular formula is C32H30F2N6O3S. The minimum Gasteiger partial charge on any atom is -0.437 e. The second-order valence-corrected chi connectivity index (χ2v) is 12.3. The molecule has 0 bridgehead atoms. The molecule has 1 atom stereocenters. The predicted octanol–water partition coefficient (Wildman–Crippen LogP) is 6.18. The van der Waals surface area contributed by atoms with Gasteiger partial charge in [-0.3, -0.25) is 4.72 Å². The van der Waals surface area contributed by atoms with Gasteiger partial charge in [0.15, 0.2) is 0 Å². The zero-order valence-electron chi connectivity index (χ0n) is 23.8. The number of pyridine rings is 1. The minimum absolute atomic E-state index is 0.139. The average molecular weight is 617 g/mol. The van der Waals surface area contributed by atoms with Gasteiger partial charge in [-0.05, 0) is 62.2 Å². The summed E-state index contributed by atoms with van der Waals surface area (Å²) in [5, 5.41) is 7.99. The lowest BCUT2D eigenvalue weighted by Gasteiger charge is -2.23. The van der Waals surface area contributed by atoms with E-state index in [-0.39, 0.29) is 11.6 Å². The van der Waals surface area contributed by atoms with Gasteiger partial charge in [0.1, 0.15) is 17.4 Å². The molecule has 1 aliphatic heterocycles. The van der Waals surface area contributed by atoms with E-state index in [1.54, 1.807) is 42.7 Å². The van der Waals surface area contributed by atoms with Gasteiger partial charge >= 0.3 is 0 Å². The van der Waals surface area contributed by atoms with Crippen molar-refractivity contribution in [1.29, 1.82) is 0 Å². The van der Waals surface area contributed by atoms with Crippen molar-refractivity contribution >= 4 is 32.4 Å². The van der Waals surface area contributed by atoms with Crippen LogP contribution in [0, 0.1) is 18.6 Å². The molecule has 1 fully saturated rings. The summed E-state index contributed by atoms with van der Waals surface area (Å²) < 4.78 is 62.5. The van der Waals surface area contributed by atoms with Gasteiger partial charge in [-0.1, -0.05) is 30.3 Å². The van der Waals surface area contributed by atoms with Crippen molar-refractivity contribution in [1.82, 2.24) is 20.3 Å². The zero-order chi connectivity index (χ0) is 30.7. The number of benzene rings is 3. The maximum atomic E-state index is 14.2. The number of aryl methyl sites for hydroxylation is 1. The Balaban J connectivity index is 1.30. The lowest BCUT2D eigenvalue weighted by Crippen LogP contribution is -2.38. The van der Waals surface area contributed by atoms with Crippen molar-refractivity contribution in [3.63, 3.8) is 0 Å². The summed E-state index contributed by atoms with van der Waals surface area (Å²) in [6.45, 7) is 3.74. The molecule has 226 valence electrons. The molecule has 5 aromatic rings. The fourth-order valence-electron chi connectivity index (χ4n) is 5.21. The molecule has 3 N–H and O–H groups in total. The molecule has 0 aliphatic carbocycles. The molecule has 1 aliphatic rings. The summed E-state index contributed by atoms with van der Waals surface area (Å²) in [6, 6.07) is 17.3. The Labute approximate surface area is 253 Å². The van der Waals surface area contributed by atoms with Gasteiger partial charge in [0.2, 0.25) is 21.9 Å². The topological polar surface area (TPSA) is 118 Å². The highest BCUT2D eigenvalue weighted by Gasteiger charge is 2.20. The molecule has 1 unspecified atom stereocenters. The third-order valence-corrected chi connectivity index (χ3v) is 8.59. The fraction of sp³-hybridized carbons (Fsp3) is 0.219. The summed E-state index contributed by atoms with van der Waals surface area (Å²) in [7, 11) is -4.04. The number of piperidine rings is 1. The largest absolute Gasteiger partial charge is 0.437 e. The predicted molar refractivity (Wildman–Crippen MR) is 166 cm³/mol. The number of nitrogens with zero attached hydrogens (tertiary/aromatic N) is 3. The van der Waals surface area contributed by atoms with Crippen LogP contribution < -0.4 is 20.1 Å². The highest BCUT2D eigenvalue weighted by atomic mass is 32.2. The molecule has 0 spiro atoms. The van der Waals surface area contributed by atoms with E-state index in [0.717, 1.165) is 43.6 Å². The summed E-state index contributed by atoms with van der Waals surface area (Å²) in [6.07, 6.45) is 5.43. The Bertz CT molecular complexity index is 1930. The normalized spacial score (nSPS) is 15.2. The van der Waals surface area contributed by atoms with Gasteiger partial charge in [0.05, 0.1) is 22.7 Å². The van der Waals surface area contributed by atoms with Crippen molar-refractivity contribution < 1.29 is 21.9 Å². The van der Waals surface area contributed by atoms with Gasteiger partial charge < -0.3 is 15.4 Å². The maximum Gasteiger partial charge on any atom is 0.237 e. The lowest BCUT2D eigenvalue weighted by molar-refractivity contribution is 0.466. The highest BCUT2D eigenvalue weighted by molar-refractivity contribution is 7.91. The van der Waals surface area contributed by atoms with Gasteiger partial charge in [-0.2, -0.15) is 0 Å². The first kappa shape index (κ1) is 29.4. The van der Waals surface area contributed by atoms with E-state index in [2.05, 4.69) is 25.3 Å². The molecule has 3 heterocycles. The molecule has 44 heavy (non-hydrogen) atoms. The van der Waals surface area contributed by atoms with E-state index in [0.29, 0.717) is 51.4 Å². The van der Waals surface area contributed by atoms with Gasteiger partial charge in [-0.15, -0.1) is 0 Å². The first-order valence-electron chi connectivity index (χ1n) is 14.2. The van der Waals surface area contributed by atoms with Crippen LogP contribution in [0.5, 0.6) is 11.6 Å². The lowest BCUT2D eigenvalue weighted by atomic mass is 10.0. The molecule has 1 saturated heterocycles. The molecule has 0 amide bonds. The number of anilines is 2. The minimum atomic E-state index is -4.04. The molecule has 0 saturated carbocycles. The van der Waals surface area contributed by atoms with Crippen LogP contribution in [0.15, 0.2) is 79.1 Å². The third-order valence-electron chi connectivity index (χ3n) is 7.37. The van der Waals surface area contributed by atoms with Crippen molar-refractivity contribution in [3.8, 4) is 22.9 Å². The first-order chi connectivity index (χ1) is 21.3. The Kier molecular flexibility index (Phi) is 8.36. The Morgan fingerprint density at radius 1 is 1.00 bits per heavy atom.